The fraction of sp³-hybridized carbons (Fsp3) is 0.462. The number of halogens is 1. The number of benzene rings is 1. The van der Waals surface area contributed by atoms with Crippen molar-refractivity contribution in [3.05, 3.63) is 35.1 Å². The molecule has 4 heteroatoms. The van der Waals surface area contributed by atoms with Gasteiger partial charge in [-0.2, -0.15) is 0 Å². The second kappa shape index (κ2) is 5.38. The molecule has 92 valence electrons. The van der Waals surface area contributed by atoms with Crippen LogP contribution >= 0.6 is 0 Å². The summed E-state index contributed by atoms with van der Waals surface area (Å²) in [4.78, 5) is 12.9. The monoisotopic (exact) mass is 237 g/mol. The zero-order valence-electron chi connectivity index (χ0n) is 9.86. The molecule has 0 saturated carbocycles. The molecule has 17 heavy (non-hydrogen) atoms. The maximum atomic E-state index is 13.7. The van der Waals surface area contributed by atoms with Crippen LogP contribution in [-0.2, 0) is 4.74 Å². The van der Waals surface area contributed by atoms with Crippen molar-refractivity contribution < 1.29 is 13.9 Å². The van der Waals surface area contributed by atoms with Gasteiger partial charge in [0.25, 0.3) is 0 Å². The van der Waals surface area contributed by atoms with Gasteiger partial charge in [-0.05, 0) is 25.1 Å². The summed E-state index contributed by atoms with van der Waals surface area (Å²) in [5, 5.41) is 0. The number of ether oxygens (including phenoxy) is 1. The molecule has 1 atom stereocenters. The van der Waals surface area contributed by atoms with E-state index in [4.69, 9.17) is 4.74 Å². The molecular formula is C13H16FNO2. The summed E-state index contributed by atoms with van der Waals surface area (Å²) in [5.74, 6) is -0.255. The third-order valence-electron chi connectivity index (χ3n) is 3.20. The molecule has 1 aromatic rings. The first-order chi connectivity index (χ1) is 8.22. The van der Waals surface area contributed by atoms with Gasteiger partial charge in [-0.3, -0.25) is 9.69 Å². The molecule has 1 aromatic carbocycles. The summed E-state index contributed by atoms with van der Waals surface area (Å²) in [6, 6.07) is 4.45. The molecular weight excluding hydrogens is 221 g/mol. The van der Waals surface area contributed by atoms with E-state index < -0.39 is 0 Å². The molecule has 2 rings (SSSR count). The molecule has 1 aliphatic heterocycles. The van der Waals surface area contributed by atoms with Crippen LogP contribution in [0.1, 0.15) is 28.9 Å². The van der Waals surface area contributed by atoms with Gasteiger partial charge in [-0.1, -0.05) is 0 Å². The quantitative estimate of drug-likeness (QED) is 0.753. The molecule has 1 heterocycles. The van der Waals surface area contributed by atoms with Gasteiger partial charge < -0.3 is 4.74 Å². The number of hydrogen-bond acceptors (Lipinski definition) is 3. The van der Waals surface area contributed by atoms with E-state index in [0.717, 1.165) is 19.4 Å². The van der Waals surface area contributed by atoms with Gasteiger partial charge in [0, 0.05) is 30.3 Å². The van der Waals surface area contributed by atoms with Crippen molar-refractivity contribution in [3.63, 3.8) is 0 Å². The highest BCUT2D eigenvalue weighted by molar-refractivity contribution is 5.75. The summed E-state index contributed by atoms with van der Waals surface area (Å²) < 4.78 is 19.0. The molecule has 0 amide bonds. The maximum Gasteiger partial charge on any atom is 0.150 e. The van der Waals surface area contributed by atoms with E-state index in [1.165, 1.54) is 12.1 Å². The molecule has 1 saturated heterocycles. The fourth-order valence-electron chi connectivity index (χ4n) is 2.12. The smallest absolute Gasteiger partial charge is 0.150 e. The van der Waals surface area contributed by atoms with E-state index in [2.05, 4.69) is 4.90 Å². The first-order valence-electron chi connectivity index (χ1n) is 5.79. The number of nitrogens with zero attached hydrogens (tertiary/aromatic N) is 1. The van der Waals surface area contributed by atoms with Gasteiger partial charge in [0.15, 0.2) is 0 Å². The molecule has 0 aliphatic carbocycles. The minimum Gasteiger partial charge on any atom is -0.379 e. The lowest BCUT2D eigenvalue weighted by atomic mass is 10.0. The topological polar surface area (TPSA) is 29.5 Å². The first-order valence-corrected chi connectivity index (χ1v) is 5.79. The van der Waals surface area contributed by atoms with Crippen LogP contribution in [0.2, 0.25) is 0 Å². The maximum absolute atomic E-state index is 13.7. The van der Waals surface area contributed by atoms with E-state index in [9.17, 15) is 9.18 Å². The van der Waals surface area contributed by atoms with Gasteiger partial charge >= 0.3 is 0 Å². The molecule has 3 nitrogen and oxygen atoms in total. The number of carbonyl (C=O) groups excluding carboxylic acids is 1. The van der Waals surface area contributed by atoms with Gasteiger partial charge in [-0.15, -0.1) is 0 Å². The molecule has 0 bridgehead atoms. The largest absolute Gasteiger partial charge is 0.379 e. The van der Waals surface area contributed by atoms with E-state index in [1.807, 2.05) is 6.92 Å². The van der Waals surface area contributed by atoms with Gasteiger partial charge in [0.1, 0.15) is 12.1 Å². The highest BCUT2D eigenvalue weighted by Gasteiger charge is 2.21. The number of morpholine rings is 1. The van der Waals surface area contributed by atoms with Crippen molar-refractivity contribution in [1.29, 1.82) is 0 Å². The van der Waals surface area contributed by atoms with Crippen molar-refractivity contribution >= 4 is 6.29 Å². The molecule has 0 radical (unpaired) electrons. The van der Waals surface area contributed by atoms with Crippen LogP contribution < -0.4 is 0 Å². The summed E-state index contributed by atoms with van der Waals surface area (Å²) >= 11 is 0. The van der Waals surface area contributed by atoms with Crippen molar-refractivity contribution in [3.8, 4) is 0 Å². The molecule has 1 unspecified atom stereocenters. The van der Waals surface area contributed by atoms with Crippen LogP contribution in [-0.4, -0.2) is 37.5 Å². The predicted molar refractivity (Wildman–Crippen MR) is 62.6 cm³/mol. The summed E-state index contributed by atoms with van der Waals surface area (Å²) in [6.45, 7) is 4.91. The lowest BCUT2D eigenvalue weighted by Gasteiger charge is -2.32. The predicted octanol–water partition coefficient (Wildman–Crippen LogP) is 2.03. The van der Waals surface area contributed by atoms with E-state index in [0.29, 0.717) is 24.3 Å². The van der Waals surface area contributed by atoms with E-state index >= 15 is 0 Å². The molecule has 0 spiro atoms. The van der Waals surface area contributed by atoms with Crippen molar-refractivity contribution in [2.75, 3.05) is 26.3 Å². The molecule has 0 N–H and O–H groups in total. The number of rotatable bonds is 3. The van der Waals surface area contributed by atoms with Crippen LogP contribution in [0.4, 0.5) is 4.39 Å². The third kappa shape index (κ3) is 2.70. The Hall–Kier alpha value is -1.26. The normalized spacial score (nSPS) is 18.9. The standard InChI is InChI=1S/C13H16FNO2/c1-10(15-4-6-17-7-5-15)12-8-11(9-16)2-3-13(12)14/h2-3,8-10H,4-7H2,1H3. The Morgan fingerprint density at radius 2 is 2.12 bits per heavy atom. The van der Waals surface area contributed by atoms with Crippen LogP contribution in [0.5, 0.6) is 0 Å². The van der Waals surface area contributed by atoms with E-state index in [-0.39, 0.29) is 11.9 Å². The Balaban J connectivity index is 2.22. The summed E-state index contributed by atoms with van der Waals surface area (Å²) in [7, 11) is 0. The number of hydrogen-bond donors (Lipinski definition) is 0. The summed E-state index contributed by atoms with van der Waals surface area (Å²) in [5.41, 5.74) is 1.10. The molecule has 1 aliphatic rings. The lowest BCUT2D eigenvalue weighted by molar-refractivity contribution is 0.0192. The van der Waals surface area contributed by atoms with Crippen LogP contribution in [0.15, 0.2) is 18.2 Å². The van der Waals surface area contributed by atoms with Crippen molar-refractivity contribution in [2.24, 2.45) is 0 Å². The van der Waals surface area contributed by atoms with Crippen molar-refractivity contribution in [1.82, 2.24) is 4.90 Å². The Kier molecular flexibility index (Phi) is 3.86. The van der Waals surface area contributed by atoms with Crippen LogP contribution in [0, 0.1) is 5.82 Å². The minimum absolute atomic E-state index is 0.0289. The zero-order valence-corrected chi connectivity index (χ0v) is 9.86. The Bertz CT molecular complexity index is 402. The van der Waals surface area contributed by atoms with Gasteiger partial charge in [0.2, 0.25) is 0 Å². The average Bonchev–Trinajstić information content (AvgIpc) is 2.39. The SMILES string of the molecule is CC(c1cc(C=O)ccc1F)N1CCOCC1. The third-order valence-corrected chi connectivity index (χ3v) is 3.20. The molecule has 1 fully saturated rings. The second-order valence-electron chi connectivity index (χ2n) is 4.22. The average molecular weight is 237 g/mol. The van der Waals surface area contributed by atoms with Gasteiger partial charge in [-0.25, -0.2) is 4.39 Å². The van der Waals surface area contributed by atoms with Gasteiger partial charge in [0.05, 0.1) is 13.2 Å². The zero-order chi connectivity index (χ0) is 12.3. The Labute approximate surface area is 100 Å². The Morgan fingerprint density at radius 1 is 1.41 bits per heavy atom. The number of aldehydes is 1. The first kappa shape index (κ1) is 12.2. The fourth-order valence-corrected chi connectivity index (χ4v) is 2.12. The van der Waals surface area contributed by atoms with Crippen molar-refractivity contribution in [2.45, 2.75) is 13.0 Å². The second-order valence-corrected chi connectivity index (χ2v) is 4.22. The van der Waals surface area contributed by atoms with Crippen LogP contribution in [0.3, 0.4) is 0 Å². The number of carbonyl (C=O) groups is 1. The van der Waals surface area contributed by atoms with Crippen LogP contribution in [0.25, 0.3) is 0 Å². The Morgan fingerprint density at radius 3 is 2.76 bits per heavy atom. The highest BCUT2D eigenvalue weighted by Crippen LogP contribution is 2.24. The molecule has 0 aromatic heterocycles. The summed E-state index contributed by atoms with van der Waals surface area (Å²) in [6.07, 6.45) is 0.745. The lowest BCUT2D eigenvalue weighted by Crippen LogP contribution is -2.38. The van der Waals surface area contributed by atoms with E-state index in [1.54, 1.807) is 6.07 Å². The minimum atomic E-state index is -0.255. The highest BCUT2D eigenvalue weighted by atomic mass is 19.1.